The quantitative estimate of drug-likeness (QED) is 0.781. The van der Waals surface area contributed by atoms with Crippen LogP contribution in [0.25, 0.3) is 0 Å². The lowest BCUT2D eigenvalue weighted by Crippen LogP contribution is -2.39. The van der Waals surface area contributed by atoms with Gasteiger partial charge < -0.3 is 20.6 Å². The molecule has 1 fully saturated rings. The molecule has 0 aliphatic carbocycles. The van der Waals surface area contributed by atoms with Crippen molar-refractivity contribution in [2.75, 3.05) is 25.5 Å². The van der Waals surface area contributed by atoms with Gasteiger partial charge in [-0.1, -0.05) is 0 Å². The molecular formula is C13H16FN3O3. The van der Waals surface area contributed by atoms with Gasteiger partial charge in [0.05, 0.1) is 5.56 Å². The maximum atomic E-state index is 13.2. The van der Waals surface area contributed by atoms with Crippen molar-refractivity contribution >= 4 is 17.7 Å². The summed E-state index contributed by atoms with van der Waals surface area (Å²) in [7, 11) is 1.97. The average Bonchev–Trinajstić information content (AvgIpc) is 2.76. The molecule has 1 aliphatic rings. The summed E-state index contributed by atoms with van der Waals surface area (Å²) in [5.74, 6) is -2.20. The number of nitrogens with one attached hydrogen (secondary N) is 2. The number of hydrogen-bond donors (Lipinski definition) is 3. The van der Waals surface area contributed by atoms with Gasteiger partial charge in [-0.3, -0.25) is 0 Å². The summed E-state index contributed by atoms with van der Waals surface area (Å²) >= 11 is 0. The lowest BCUT2D eigenvalue weighted by Gasteiger charge is -2.14. The normalized spacial score (nSPS) is 18.8. The molecule has 1 aromatic rings. The molecule has 20 heavy (non-hydrogen) atoms. The fourth-order valence-electron chi connectivity index (χ4n) is 2.17. The van der Waals surface area contributed by atoms with Gasteiger partial charge in [0.2, 0.25) is 0 Å². The molecule has 2 rings (SSSR count). The third-order valence-corrected chi connectivity index (χ3v) is 3.18. The number of urea groups is 1. The fraction of sp³-hybridized carbons (Fsp3) is 0.385. The zero-order valence-electron chi connectivity index (χ0n) is 11.0. The SMILES string of the molecule is CN1CCC(NC(=O)Nc2ccc(F)c(C(=O)O)c2)C1. The summed E-state index contributed by atoms with van der Waals surface area (Å²) < 4.78 is 13.2. The van der Waals surface area contributed by atoms with E-state index in [1.807, 2.05) is 7.05 Å². The molecule has 3 N–H and O–H groups in total. The highest BCUT2D eigenvalue weighted by molar-refractivity contribution is 5.93. The van der Waals surface area contributed by atoms with E-state index in [2.05, 4.69) is 15.5 Å². The first-order valence-electron chi connectivity index (χ1n) is 6.24. The monoisotopic (exact) mass is 281 g/mol. The fourth-order valence-corrected chi connectivity index (χ4v) is 2.17. The second-order valence-electron chi connectivity index (χ2n) is 4.85. The molecule has 0 bridgehead atoms. The second-order valence-corrected chi connectivity index (χ2v) is 4.85. The van der Waals surface area contributed by atoms with Crippen LogP contribution in [0.5, 0.6) is 0 Å². The van der Waals surface area contributed by atoms with Gasteiger partial charge in [-0.15, -0.1) is 0 Å². The number of amides is 2. The zero-order chi connectivity index (χ0) is 14.7. The minimum absolute atomic E-state index is 0.0689. The molecule has 1 unspecified atom stereocenters. The Bertz CT molecular complexity index is 536. The molecule has 1 aromatic carbocycles. The highest BCUT2D eigenvalue weighted by atomic mass is 19.1. The van der Waals surface area contributed by atoms with E-state index in [4.69, 9.17) is 5.11 Å². The summed E-state index contributed by atoms with van der Waals surface area (Å²) in [6.45, 7) is 1.70. The number of likely N-dealkylation sites (tertiary alicyclic amines) is 1. The van der Waals surface area contributed by atoms with Crippen molar-refractivity contribution in [2.24, 2.45) is 0 Å². The highest BCUT2D eigenvalue weighted by Crippen LogP contribution is 2.15. The molecule has 1 saturated heterocycles. The van der Waals surface area contributed by atoms with Gasteiger partial charge in [0.15, 0.2) is 0 Å². The van der Waals surface area contributed by atoms with Gasteiger partial charge in [0, 0.05) is 18.3 Å². The highest BCUT2D eigenvalue weighted by Gasteiger charge is 2.21. The van der Waals surface area contributed by atoms with Crippen LogP contribution in [-0.2, 0) is 0 Å². The first-order valence-corrected chi connectivity index (χ1v) is 6.24. The van der Waals surface area contributed by atoms with Crippen LogP contribution in [-0.4, -0.2) is 48.2 Å². The molecule has 0 spiro atoms. The van der Waals surface area contributed by atoms with Gasteiger partial charge in [-0.25, -0.2) is 14.0 Å². The summed E-state index contributed by atoms with van der Waals surface area (Å²) in [6, 6.07) is 3.08. The number of carboxylic acid groups (broad SMARTS) is 1. The Morgan fingerprint density at radius 1 is 1.45 bits per heavy atom. The third kappa shape index (κ3) is 3.45. The minimum atomic E-state index is -1.37. The second kappa shape index (κ2) is 5.87. The average molecular weight is 281 g/mol. The van der Waals surface area contributed by atoms with Gasteiger partial charge in [-0.05, 0) is 38.2 Å². The molecule has 1 aliphatic heterocycles. The minimum Gasteiger partial charge on any atom is -0.478 e. The van der Waals surface area contributed by atoms with Crippen LogP contribution >= 0.6 is 0 Å². The number of likely N-dealkylation sites (N-methyl/N-ethyl adjacent to an activating group) is 1. The van der Waals surface area contributed by atoms with Gasteiger partial charge in [-0.2, -0.15) is 0 Å². The standard InChI is InChI=1S/C13H16FN3O3/c1-17-5-4-9(7-17)16-13(20)15-8-2-3-11(14)10(6-8)12(18)19/h2-3,6,9H,4-5,7H2,1H3,(H,18,19)(H2,15,16,20). The Kier molecular flexibility index (Phi) is 4.19. The van der Waals surface area contributed by atoms with Gasteiger partial charge in [0.1, 0.15) is 5.82 Å². The Hall–Kier alpha value is -2.15. The van der Waals surface area contributed by atoms with E-state index in [0.29, 0.717) is 0 Å². The summed E-state index contributed by atoms with van der Waals surface area (Å²) in [5.41, 5.74) is -0.226. The van der Waals surface area contributed by atoms with E-state index in [1.165, 1.54) is 6.07 Å². The lowest BCUT2D eigenvalue weighted by molar-refractivity contribution is 0.0692. The van der Waals surface area contributed by atoms with Crippen molar-refractivity contribution in [3.05, 3.63) is 29.6 Å². The van der Waals surface area contributed by atoms with Crippen LogP contribution in [0.1, 0.15) is 16.8 Å². The predicted octanol–water partition coefficient (Wildman–Crippen LogP) is 1.35. The van der Waals surface area contributed by atoms with Crippen LogP contribution in [0.4, 0.5) is 14.9 Å². The zero-order valence-corrected chi connectivity index (χ0v) is 11.0. The van der Waals surface area contributed by atoms with Crippen molar-refractivity contribution in [2.45, 2.75) is 12.5 Å². The van der Waals surface area contributed by atoms with Crippen molar-refractivity contribution in [1.82, 2.24) is 10.2 Å². The molecule has 0 radical (unpaired) electrons. The molecule has 2 amide bonds. The van der Waals surface area contributed by atoms with Crippen LogP contribution in [0.15, 0.2) is 18.2 Å². The Labute approximate surface area is 115 Å². The van der Waals surface area contributed by atoms with Crippen molar-refractivity contribution < 1.29 is 19.1 Å². The number of nitrogens with zero attached hydrogens (tertiary/aromatic N) is 1. The van der Waals surface area contributed by atoms with Crippen molar-refractivity contribution in [3.8, 4) is 0 Å². The smallest absolute Gasteiger partial charge is 0.338 e. The van der Waals surface area contributed by atoms with E-state index in [1.54, 1.807) is 0 Å². The van der Waals surface area contributed by atoms with Crippen molar-refractivity contribution in [1.29, 1.82) is 0 Å². The molecule has 1 heterocycles. The molecule has 0 saturated carbocycles. The Morgan fingerprint density at radius 3 is 2.80 bits per heavy atom. The topological polar surface area (TPSA) is 81.7 Å². The molecule has 7 heteroatoms. The molecule has 108 valence electrons. The van der Waals surface area contributed by atoms with Gasteiger partial charge in [0.25, 0.3) is 0 Å². The number of carbonyl (C=O) groups excluding carboxylic acids is 1. The number of hydrogen-bond acceptors (Lipinski definition) is 3. The number of carbonyl (C=O) groups is 2. The maximum absolute atomic E-state index is 13.2. The Morgan fingerprint density at radius 2 is 2.20 bits per heavy atom. The van der Waals surface area contributed by atoms with E-state index in [9.17, 15) is 14.0 Å². The number of benzene rings is 1. The maximum Gasteiger partial charge on any atom is 0.338 e. The number of rotatable bonds is 3. The van der Waals surface area contributed by atoms with E-state index in [-0.39, 0.29) is 11.7 Å². The van der Waals surface area contributed by atoms with E-state index < -0.39 is 23.4 Å². The van der Waals surface area contributed by atoms with Crippen LogP contribution in [0.3, 0.4) is 0 Å². The number of halogens is 1. The number of carboxylic acids is 1. The Balaban J connectivity index is 1.97. The first kappa shape index (κ1) is 14.3. The first-order chi connectivity index (χ1) is 9.45. The third-order valence-electron chi connectivity index (χ3n) is 3.18. The number of aromatic carboxylic acids is 1. The summed E-state index contributed by atoms with van der Waals surface area (Å²) in [4.78, 5) is 24.7. The van der Waals surface area contributed by atoms with Crippen molar-refractivity contribution in [3.63, 3.8) is 0 Å². The lowest BCUT2D eigenvalue weighted by atomic mass is 10.2. The molecule has 1 atom stereocenters. The number of anilines is 1. The van der Waals surface area contributed by atoms with E-state index in [0.717, 1.165) is 31.6 Å². The van der Waals surface area contributed by atoms with Gasteiger partial charge >= 0.3 is 12.0 Å². The largest absolute Gasteiger partial charge is 0.478 e. The van der Waals surface area contributed by atoms with E-state index >= 15 is 0 Å². The van der Waals surface area contributed by atoms with Crippen LogP contribution in [0, 0.1) is 5.82 Å². The molecular weight excluding hydrogens is 265 g/mol. The predicted molar refractivity (Wildman–Crippen MR) is 71.4 cm³/mol. The van der Waals surface area contributed by atoms with Crippen LogP contribution in [0.2, 0.25) is 0 Å². The molecule has 6 nitrogen and oxygen atoms in total. The summed E-state index contributed by atoms with van der Waals surface area (Å²) in [5, 5.41) is 14.1. The molecule has 0 aromatic heterocycles. The summed E-state index contributed by atoms with van der Waals surface area (Å²) in [6.07, 6.45) is 0.869. The van der Waals surface area contributed by atoms with Crippen LogP contribution < -0.4 is 10.6 Å².